The molecule has 1 aliphatic heterocycles. The van der Waals surface area contributed by atoms with Crippen LogP contribution in [0.1, 0.15) is 13.3 Å². The predicted molar refractivity (Wildman–Crippen MR) is 34.8 cm³/mol. The number of methoxy groups -OCH3 is 1. The Bertz CT molecular complexity index is 83.0. The number of ether oxygens (including phenoxy) is 2. The fourth-order valence-corrected chi connectivity index (χ4v) is 1.09. The second-order valence-electron chi connectivity index (χ2n) is 2.43. The van der Waals surface area contributed by atoms with E-state index in [1.54, 1.807) is 7.11 Å². The first kappa shape index (κ1) is 7.03. The lowest BCUT2D eigenvalue weighted by atomic mass is 10.0. The third-order valence-electron chi connectivity index (χ3n) is 1.72. The van der Waals surface area contributed by atoms with Crippen LogP contribution in [-0.4, -0.2) is 19.8 Å². The molecule has 2 atom stereocenters. The summed E-state index contributed by atoms with van der Waals surface area (Å²) in [6.45, 7) is 4.77. The van der Waals surface area contributed by atoms with E-state index >= 15 is 0 Å². The van der Waals surface area contributed by atoms with Crippen molar-refractivity contribution >= 4 is 0 Å². The van der Waals surface area contributed by atoms with Gasteiger partial charge in [0.05, 0.1) is 12.7 Å². The summed E-state index contributed by atoms with van der Waals surface area (Å²) < 4.78 is 10.3. The molecule has 1 rings (SSSR count). The Hall–Kier alpha value is -0.0800. The maximum Gasteiger partial charge on any atom is 0.0890 e. The van der Waals surface area contributed by atoms with Crippen molar-refractivity contribution in [3.05, 3.63) is 6.61 Å². The molecule has 0 spiro atoms. The van der Waals surface area contributed by atoms with E-state index in [2.05, 4.69) is 6.92 Å². The molecule has 0 aromatic heterocycles. The van der Waals surface area contributed by atoms with E-state index < -0.39 is 0 Å². The summed E-state index contributed by atoms with van der Waals surface area (Å²) in [7, 11) is 1.75. The zero-order valence-electron chi connectivity index (χ0n) is 5.96. The molecular formula is C7H13O2. The van der Waals surface area contributed by atoms with E-state index in [1.165, 1.54) is 0 Å². The van der Waals surface area contributed by atoms with Crippen LogP contribution in [-0.2, 0) is 9.47 Å². The van der Waals surface area contributed by atoms with Gasteiger partial charge in [-0.1, -0.05) is 6.92 Å². The molecule has 0 aliphatic carbocycles. The number of rotatable bonds is 1. The summed E-state index contributed by atoms with van der Waals surface area (Å²) in [4.78, 5) is 0. The molecule has 53 valence electrons. The van der Waals surface area contributed by atoms with E-state index in [4.69, 9.17) is 9.47 Å². The van der Waals surface area contributed by atoms with Crippen LogP contribution in [0.15, 0.2) is 0 Å². The molecule has 2 unspecified atom stereocenters. The van der Waals surface area contributed by atoms with Gasteiger partial charge in [-0.05, 0) is 6.42 Å². The average Bonchev–Trinajstić information content (AvgIpc) is 1.89. The van der Waals surface area contributed by atoms with Crippen molar-refractivity contribution in [2.45, 2.75) is 19.4 Å². The Kier molecular flexibility index (Phi) is 2.49. The molecule has 0 bridgehead atoms. The highest BCUT2D eigenvalue weighted by Gasteiger charge is 2.21. The minimum absolute atomic E-state index is 0.374. The Morgan fingerprint density at radius 1 is 1.67 bits per heavy atom. The zero-order chi connectivity index (χ0) is 6.69. The molecule has 1 radical (unpaired) electrons. The Morgan fingerprint density at radius 2 is 2.44 bits per heavy atom. The van der Waals surface area contributed by atoms with E-state index in [1.807, 2.05) is 6.61 Å². The second kappa shape index (κ2) is 3.18. The van der Waals surface area contributed by atoms with Gasteiger partial charge in [0.15, 0.2) is 0 Å². The van der Waals surface area contributed by atoms with Crippen molar-refractivity contribution in [2.75, 3.05) is 13.7 Å². The van der Waals surface area contributed by atoms with Crippen molar-refractivity contribution in [2.24, 2.45) is 5.92 Å². The number of hydrogen-bond donors (Lipinski definition) is 0. The number of hydrogen-bond acceptors (Lipinski definition) is 2. The topological polar surface area (TPSA) is 18.5 Å². The largest absolute Gasteiger partial charge is 0.381 e. The molecule has 1 aliphatic rings. The monoisotopic (exact) mass is 129 g/mol. The molecule has 0 aromatic carbocycles. The molecule has 0 amide bonds. The molecule has 0 aromatic rings. The van der Waals surface area contributed by atoms with Crippen molar-refractivity contribution in [1.29, 1.82) is 0 Å². The first-order valence-electron chi connectivity index (χ1n) is 3.32. The lowest BCUT2D eigenvalue weighted by Crippen LogP contribution is -2.27. The van der Waals surface area contributed by atoms with Crippen molar-refractivity contribution in [3.8, 4) is 0 Å². The van der Waals surface area contributed by atoms with Crippen LogP contribution in [0.4, 0.5) is 0 Å². The average molecular weight is 129 g/mol. The molecule has 1 heterocycles. The third-order valence-corrected chi connectivity index (χ3v) is 1.72. The van der Waals surface area contributed by atoms with E-state index in [-0.39, 0.29) is 0 Å². The molecule has 2 nitrogen and oxygen atoms in total. The summed E-state index contributed by atoms with van der Waals surface area (Å²) in [6, 6.07) is 0. The highest BCUT2D eigenvalue weighted by atomic mass is 16.5. The Morgan fingerprint density at radius 3 is 2.89 bits per heavy atom. The first-order valence-corrected chi connectivity index (χ1v) is 3.32. The van der Waals surface area contributed by atoms with E-state index in [9.17, 15) is 0 Å². The van der Waals surface area contributed by atoms with Crippen LogP contribution in [0.3, 0.4) is 0 Å². The maximum atomic E-state index is 5.19. The van der Waals surface area contributed by atoms with Crippen molar-refractivity contribution < 1.29 is 9.47 Å². The van der Waals surface area contributed by atoms with Crippen molar-refractivity contribution in [3.63, 3.8) is 0 Å². The smallest absolute Gasteiger partial charge is 0.0890 e. The summed E-state index contributed by atoms with van der Waals surface area (Å²) in [5, 5.41) is 0. The van der Waals surface area contributed by atoms with Gasteiger partial charge < -0.3 is 9.47 Å². The zero-order valence-corrected chi connectivity index (χ0v) is 5.96. The Balaban J connectivity index is 2.30. The molecule has 1 saturated heterocycles. The molecule has 2 heteroatoms. The van der Waals surface area contributed by atoms with Crippen LogP contribution in [0, 0.1) is 12.5 Å². The van der Waals surface area contributed by atoms with Gasteiger partial charge in [0, 0.05) is 19.6 Å². The van der Waals surface area contributed by atoms with Gasteiger partial charge in [-0.2, -0.15) is 0 Å². The van der Waals surface area contributed by atoms with Gasteiger partial charge in [-0.3, -0.25) is 0 Å². The lowest BCUT2D eigenvalue weighted by molar-refractivity contribution is -0.0167. The van der Waals surface area contributed by atoms with Crippen LogP contribution in [0.5, 0.6) is 0 Å². The Labute approximate surface area is 56.2 Å². The molecule has 1 fully saturated rings. The molecular weight excluding hydrogens is 116 g/mol. The highest BCUT2D eigenvalue weighted by molar-refractivity contribution is 4.77. The van der Waals surface area contributed by atoms with Crippen molar-refractivity contribution in [1.82, 2.24) is 0 Å². The minimum Gasteiger partial charge on any atom is -0.381 e. The van der Waals surface area contributed by atoms with Gasteiger partial charge in [-0.25, -0.2) is 0 Å². The van der Waals surface area contributed by atoms with E-state index in [0.717, 1.165) is 13.0 Å². The normalized spacial score (nSPS) is 36.7. The summed E-state index contributed by atoms with van der Waals surface area (Å²) >= 11 is 0. The van der Waals surface area contributed by atoms with Gasteiger partial charge in [-0.15, -0.1) is 0 Å². The summed E-state index contributed by atoms with van der Waals surface area (Å²) in [5.74, 6) is 0.448. The van der Waals surface area contributed by atoms with Crippen LogP contribution < -0.4 is 0 Å². The van der Waals surface area contributed by atoms with Crippen LogP contribution >= 0.6 is 0 Å². The van der Waals surface area contributed by atoms with Crippen LogP contribution in [0.25, 0.3) is 0 Å². The SMILES string of the molecule is COC1CCO[CH]C1C. The lowest BCUT2D eigenvalue weighted by Gasteiger charge is -2.26. The molecule has 9 heavy (non-hydrogen) atoms. The minimum atomic E-state index is 0.374. The maximum absolute atomic E-state index is 5.19. The van der Waals surface area contributed by atoms with Gasteiger partial charge in [0.2, 0.25) is 0 Å². The summed E-state index contributed by atoms with van der Waals surface area (Å²) in [6.07, 6.45) is 1.40. The van der Waals surface area contributed by atoms with Crippen LogP contribution in [0.2, 0.25) is 0 Å². The predicted octanol–water partition coefficient (Wildman–Crippen LogP) is 1.22. The van der Waals surface area contributed by atoms with Gasteiger partial charge in [0.25, 0.3) is 0 Å². The highest BCUT2D eigenvalue weighted by Crippen LogP contribution is 2.19. The van der Waals surface area contributed by atoms with E-state index in [0.29, 0.717) is 12.0 Å². The fraction of sp³-hybridized carbons (Fsp3) is 0.857. The third kappa shape index (κ3) is 1.66. The second-order valence-corrected chi connectivity index (χ2v) is 2.43. The first-order chi connectivity index (χ1) is 4.34. The standard InChI is InChI=1S/C7H13O2/c1-6-5-9-4-3-7(6)8-2/h5-7H,3-4H2,1-2H3. The molecule has 0 N–H and O–H groups in total. The van der Waals surface area contributed by atoms with Gasteiger partial charge >= 0.3 is 0 Å². The summed E-state index contributed by atoms with van der Waals surface area (Å²) in [5.41, 5.74) is 0. The molecule has 0 saturated carbocycles. The quantitative estimate of drug-likeness (QED) is 0.530. The fourth-order valence-electron chi connectivity index (χ4n) is 1.09. The van der Waals surface area contributed by atoms with Gasteiger partial charge in [0.1, 0.15) is 0 Å².